The summed E-state index contributed by atoms with van der Waals surface area (Å²) in [5, 5.41) is 0.428. The lowest BCUT2D eigenvalue weighted by Gasteiger charge is -2.10. The summed E-state index contributed by atoms with van der Waals surface area (Å²) in [5.41, 5.74) is 7.59. The molecule has 106 valence electrons. The Bertz CT molecular complexity index is 730. The van der Waals surface area contributed by atoms with Crippen LogP contribution in [0.4, 0.5) is 5.69 Å². The molecule has 0 saturated carbocycles. The molecule has 0 fully saturated rings. The zero-order chi connectivity index (χ0) is 14.8. The minimum Gasteiger partial charge on any atom is -0.399 e. The molecule has 0 aliphatic rings. The molecule has 0 aliphatic carbocycles. The number of benzene rings is 2. The number of hydrogen-bond acceptors (Lipinski definition) is 3. The highest BCUT2D eigenvalue weighted by Crippen LogP contribution is 2.22. The summed E-state index contributed by atoms with van der Waals surface area (Å²) in [6.45, 7) is 1.86. The number of nitrogens with two attached hydrogens (primary N) is 1. The van der Waals surface area contributed by atoms with Crippen molar-refractivity contribution in [3.05, 3.63) is 58.6 Å². The average molecular weight is 311 g/mol. The third kappa shape index (κ3) is 3.30. The summed E-state index contributed by atoms with van der Waals surface area (Å²) in [7, 11) is -3.60. The molecule has 0 unspecified atom stereocenters. The largest absolute Gasteiger partial charge is 0.399 e. The first-order valence-electron chi connectivity index (χ1n) is 5.99. The van der Waals surface area contributed by atoms with Crippen molar-refractivity contribution in [2.45, 2.75) is 18.4 Å². The molecule has 2 rings (SSSR count). The fraction of sp³-hybridized carbons (Fsp3) is 0.143. The predicted octanol–water partition coefficient (Wildman–Crippen LogP) is 2.71. The second-order valence-corrected chi connectivity index (χ2v) is 6.58. The Morgan fingerprint density at radius 1 is 1.20 bits per heavy atom. The summed E-state index contributed by atoms with van der Waals surface area (Å²) < 4.78 is 27.1. The molecule has 2 aromatic carbocycles. The van der Waals surface area contributed by atoms with E-state index in [1.165, 1.54) is 6.07 Å². The third-order valence-corrected chi connectivity index (χ3v) is 4.88. The summed E-state index contributed by atoms with van der Waals surface area (Å²) >= 11 is 5.95. The van der Waals surface area contributed by atoms with Crippen molar-refractivity contribution in [1.29, 1.82) is 0 Å². The van der Waals surface area contributed by atoms with Gasteiger partial charge in [-0.1, -0.05) is 29.8 Å². The first kappa shape index (κ1) is 14.8. The van der Waals surface area contributed by atoms with Gasteiger partial charge in [0, 0.05) is 17.3 Å². The van der Waals surface area contributed by atoms with Crippen molar-refractivity contribution in [1.82, 2.24) is 4.72 Å². The van der Waals surface area contributed by atoms with Gasteiger partial charge in [0.05, 0.1) is 4.90 Å². The summed E-state index contributed by atoms with van der Waals surface area (Å²) in [6, 6.07) is 11.9. The van der Waals surface area contributed by atoms with Crippen LogP contribution >= 0.6 is 11.6 Å². The molecular weight excluding hydrogens is 296 g/mol. The second-order valence-electron chi connectivity index (χ2n) is 4.43. The number of hydrogen-bond donors (Lipinski definition) is 2. The number of nitrogen functional groups attached to an aromatic ring is 1. The van der Waals surface area contributed by atoms with Gasteiger partial charge in [0.1, 0.15) is 0 Å². The van der Waals surface area contributed by atoms with E-state index >= 15 is 0 Å². The molecule has 0 radical (unpaired) electrons. The maximum atomic E-state index is 12.3. The van der Waals surface area contributed by atoms with Crippen LogP contribution in [0.1, 0.15) is 11.1 Å². The Morgan fingerprint density at radius 3 is 2.60 bits per heavy atom. The first-order valence-corrected chi connectivity index (χ1v) is 7.85. The molecular formula is C14H15ClN2O2S. The van der Waals surface area contributed by atoms with Gasteiger partial charge in [0.15, 0.2) is 0 Å². The molecule has 0 aliphatic heterocycles. The van der Waals surface area contributed by atoms with E-state index in [-0.39, 0.29) is 11.4 Å². The van der Waals surface area contributed by atoms with Crippen LogP contribution < -0.4 is 10.5 Å². The van der Waals surface area contributed by atoms with Gasteiger partial charge in [-0.15, -0.1) is 0 Å². The van der Waals surface area contributed by atoms with Crippen molar-refractivity contribution in [3.8, 4) is 0 Å². The average Bonchev–Trinajstić information content (AvgIpc) is 2.40. The van der Waals surface area contributed by atoms with Crippen molar-refractivity contribution in [2.24, 2.45) is 0 Å². The van der Waals surface area contributed by atoms with E-state index in [2.05, 4.69) is 4.72 Å². The molecule has 0 heterocycles. The third-order valence-electron chi connectivity index (χ3n) is 2.92. The standard InChI is InChI=1S/C14H15ClN2O2S/c1-10-13(15)6-3-7-14(10)20(18,19)17-9-11-4-2-5-12(16)8-11/h2-8,17H,9,16H2,1H3. The Hall–Kier alpha value is -1.56. The number of sulfonamides is 1. The van der Waals surface area contributed by atoms with E-state index in [0.29, 0.717) is 16.3 Å². The van der Waals surface area contributed by atoms with Crippen molar-refractivity contribution >= 4 is 27.3 Å². The molecule has 0 spiro atoms. The molecule has 4 nitrogen and oxygen atoms in total. The van der Waals surface area contributed by atoms with E-state index in [1.807, 2.05) is 6.07 Å². The Labute approximate surface area is 123 Å². The zero-order valence-corrected chi connectivity index (χ0v) is 12.5. The first-order chi connectivity index (χ1) is 9.40. The minimum atomic E-state index is -3.60. The normalized spacial score (nSPS) is 11.5. The Balaban J connectivity index is 2.22. The Kier molecular flexibility index (Phi) is 4.32. The smallest absolute Gasteiger partial charge is 0.241 e. The lowest BCUT2D eigenvalue weighted by Crippen LogP contribution is -2.24. The predicted molar refractivity (Wildman–Crippen MR) is 81.1 cm³/mol. The van der Waals surface area contributed by atoms with Crippen LogP contribution in [-0.2, 0) is 16.6 Å². The maximum Gasteiger partial charge on any atom is 0.241 e. The summed E-state index contributed by atoms with van der Waals surface area (Å²) in [4.78, 5) is 0.189. The van der Waals surface area contributed by atoms with Gasteiger partial charge < -0.3 is 5.73 Å². The number of rotatable bonds is 4. The monoisotopic (exact) mass is 310 g/mol. The number of halogens is 1. The van der Waals surface area contributed by atoms with Gasteiger partial charge in [0.2, 0.25) is 10.0 Å². The SMILES string of the molecule is Cc1c(Cl)cccc1S(=O)(=O)NCc1cccc(N)c1. The fourth-order valence-corrected chi connectivity index (χ4v) is 3.35. The molecule has 0 aromatic heterocycles. The van der Waals surface area contributed by atoms with Crippen molar-refractivity contribution < 1.29 is 8.42 Å². The van der Waals surface area contributed by atoms with E-state index in [4.69, 9.17) is 17.3 Å². The number of nitrogens with one attached hydrogen (secondary N) is 1. The van der Waals surface area contributed by atoms with Crippen LogP contribution in [0.25, 0.3) is 0 Å². The fourth-order valence-electron chi connectivity index (χ4n) is 1.84. The van der Waals surface area contributed by atoms with Crippen LogP contribution in [0.15, 0.2) is 47.4 Å². The molecule has 0 amide bonds. The molecule has 20 heavy (non-hydrogen) atoms. The van der Waals surface area contributed by atoms with Crippen LogP contribution in [-0.4, -0.2) is 8.42 Å². The van der Waals surface area contributed by atoms with Gasteiger partial charge in [-0.3, -0.25) is 0 Å². The topological polar surface area (TPSA) is 72.2 Å². The quantitative estimate of drug-likeness (QED) is 0.853. The van der Waals surface area contributed by atoms with Crippen LogP contribution in [0.3, 0.4) is 0 Å². The molecule has 3 N–H and O–H groups in total. The zero-order valence-electron chi connectivity index (χ0n) is 10.9. The van der Waals surface area contributed by atoms with Crippen LogP contribution in [0.2, 0.25) is 5.02 Å². The highest BCUT2D eigenvalue weighted by molar-refractivity contribution is 7.89. The van der Waals surface area contributed by atoms with Gasteiger partial charge in [0.25, 0.3) is 0 Å². The lowest BCUT2D eigenvalue weighted by molar-refractivity contribution is 0.580. The molecule has 0 saturated heterocycles. The highest BCUT2D eigenvalue weighted by Gasteiger charge is 2.17. The maximum absolute atomic E-state index is 12.3. The van der Waals surface area contributed by atoms with Gasteiger partial charge in [-0.05, 0) is 42.3 Å². The van der Waals surface area contributed by atoms with Crippen LogP contribution in [0, 0.1) is 6.92 Å². The summed E-state index contributed by atoms with van der Waals surface area (Å²) in [5.74, 6) is 0. The second kappa shape index (κ2) is 5.83. The molecule has 0 atom stereocenters. The Morgan fingerprint density at radius 2 is 1.90 bits per heavy atom. The van der Waals surface area contributed by atoms with Gasteiger partial charge >= 0.3 is 0 Å². The molecule has 6 heteroatoms. The van der Waals surface area contributed by atoms with E-state index in [0.717, 1.165) is 5.56 Å². The van der Waals surface area contributed by atoms with E-state index in [1.54, 1.807) is 37.3 Å². The number of anilines is 1. The minimum absolute atomic E-state index is 0.180. The van der Waals surface area contributed by atoms with Crippen LogP contribution in [0.5, 0.6) is 0 Å². The lowest BCUT2D eigenvalue weighted by atomic mass is 10.2. The van der Waals surface area contributed by atoms with E-state index in [9.17, 15) is 8.42 Å². The van der Waals surface area contributed by atoms with Gasteiger partial charge in [-0.2, -0.15) is 0 Å². The van der Waals surface area contributed by atoms with E-state index < -0.39 is 10.0 Å². The molecule has 0 bridgehead atoms. The van der Waals surface area contributed by atoms with Crippen molar-refractivity contribution in [2.75, 3.05) is 5.73 Å². The highest BCUT2D eigenvalue weighted by atomic mass is 35.5. The summed E-state index contributed by atoms with van der Waals surface area (Å²) in [6.07, 6.45) is 0. The van der Waals surface area contributed by atoms with Gasteiger partial charge in [-0.25, -0.2) is 13.1 Å². The molecule has 2 aromatic rings. The van der Waals surface area contributed by atoms with Crippen molar-refractivity contribution in [3.63, 3.8) is 0 Å².